The number of rotatable bonds is 9. The molecule has 0 aliphatic carbocycles. The van der Waals surface area contributed by atoms with Gasteiger partial charge in [0, 0.05) is 36.6 Å². The lowest BCUT2D eigenvalue weighted by molar-refractivity contribution is 0.0963. The van der Waals surface area contributed by atoms with Gasteiger partial charge in [-0.1, -0.05) is 44.4 Å². The Bertz CT molecular complexity index is 925. The van der Waals surface area contributed by atoms with E-state index in [4.69, 9.17) is 0 Å². The summed E-state index contributed by atoms with van der Waals surface area (Å²) >= 11 is 0. The Balaban J connectivity index is 1.94. The summed E-state index contributed by atoms with van der Waals surface area (Å²) in [5.41, 5.74) is 4.11. The third-order valence-electron chi connectivity index (χ3n) is 4.74. The van der Waals surface area contributed by atoms with Gasteiger partial charge in [0.05, 0.1) is 16.8 Å². The highest BCUT2D eigenvalue weighted by molar-refractivity contribution is 6.08. The van der Waals surface area contributed by atoms with Gasteiger partial charge in [0.25, 0.3) is 5.91 Å². The number of nitrogens with one attached hydrogen (secondary N) is 3. The summed E-state index contributed by atoms with van der Waals surface area (Å²) in [6.45, 7) is 3.16. The molecule has 5 heteroatoms. The van der Waals surface area contributed by atoms with Crippen LogP contribution in [0.3, 0.4) is 0 Å². The number of anilines is 3. The molecular weight excluding hydrogens is 348 g/mol. The molecule has 0 saturated carbocycles. The number of unbranched alkanes of at least 4 members (excludes halogenated alkanes) is 3. The number of para-hydroxylation sites is 1. The van der Waals surface area contributed by atoms with Gasteiger partial charge in [-0.15, -0.1) is 0 Å². The third-order valence-corrected chi connectivity index (χ3v) is 4.74. The molecule has 0 saturated heterocycles. The van der Waals surface area contributed by atoms with Gasteiger partial charge in [-0.2, -0.15) is 0 Å². The second kappa shape index (κ2) is 9.74. The minimum Gasteiger partial charge on any atom is -0.385 e. The topological polar surface area (TPSA) is 66.0 Å². The molecule has 0 aliphatic rings. The number of carbonyl (C=O) groups is 1. The van der Waals surface area contributed by atoms with Crippen LogP contribution in [0.2, 0.25) is 0 Å². The molecule has 3 rings (SSSR count). The number of pyridine rings is 1. The smallest absolute Gasteiger partial charge is 0.254 e. The molecule has 3 N–H and O–H groups in total. The summed E-state index contributed by atoms with van der Waals surface area (Å²) in [7, 11) is 1.63. The summed E-state index contributed by atoms with van der Waals surface area (Å²) < 4.78 is 0. The molecule has 2 aromatic carbocycles. The first-order chi connectivity index (χ1) is 13.7. The third kappa shape index (κ3) is 4.80. The second-order valence-corrected chi connectivity index (χ2v) is 6.84. The van der Waals surface area contributed by atoms with E-state index in [2.05, 4.69) is 33.9 Å². The highest BCUT2D eigenvalue weighted by Crippen LogP contribution is 2.31. The minimum absolute atomic E-state index is 0.161. The molecule has 146 valence electrons. The maximum absolute atomic E-state index is 12.4. The van der Waals surface area contributed by atoms with Gasteiger partial charge in [0.2, 0.25) is 0 Å². The molecule has 28 heavy (non-hydrogen) atoms. The minimum atomic E-state index is -0.161. The van der Waals surface area contributed by atoms with E-state index in [1.165, 1.54) is 19.3 Å². The molecule has 1 aromatic heterocycles. The molecule has 0 radical (unpaired) electrons. The maximum Gasteiger partial charge on any atom is 0.254 e. The van der Waals surface area contributed by atoms with E-state index in [0.29, 0.717) is 5.56 Å². The van der Waals surface area contributed by atoms with E-state index >= 15 is 0 Å². The van der Waals surface area contributed by atoms with Gasteiger partial charge >= 0.3 is 0 Å². The van der Waals surface area contributed by atoms with Gasteiger partial charge in [0.1, 0.15) is 0 Å². The fourth-order valence-corrected chi connectivity index (χ4v) is 3.19. The van der Waals surface area contributed by atoms with Crippen LogP contribution in [0.4, 0.5) is 17.1 Å². The van der Waals surface area contributed by atoms with Crippen molar-refractivity contribution in [3.63, 3.8) is 0 Å². The van der Waals surface area contributed by atoms with Crippen molar-refractivity contribution in [1.82, 2.24) is 10.3 Å². The molecule has 1 heterocycles. The first-order valence-electron chi connectivity index (χ1n) is 9.93. The van der Waals surface area contributed by atoms with E-state index in [-0.39, 0.29) is 5.91 Å². The van der Waals surface area contributed by atoms with Gasteiger partial charge in [-0.05, 0) is 36.8 Å². The predicted molar refractivity (Wildman–Crippen MR) is 117 cm³/mol. The second-order valence-electron chi connectivity index (χ2n) is 6.84. The zero-order chi connectivity index (χ0) is 19.8. The lowest BCUT2D eigenvalue weighted by Gasteiger charge is -2.15. The molecule has 3 aromatic rings. The Morgan fingerprint density at radius 1 is 1.00 bits per heavy atom. The fourth-order valence-electron chi connectivity index (χ4n) is 3.19. The van der Waals surface area contributed by atoms with Gasteiger partial charge in [0.15, 0.2) is 0 Å². The van der Waals surface area contributed by atoms with Crippen molar-refractivity contribution in [2.45, 2.75) is 32.6 Å². The maximum atomic E-state index is 12.4. The highest BCUT2D eigenvalue weighted by atomic mass is 16.1. The van der Waals surface area contributed by atoms with Gasteiger partial charge in [-0.25, -0.2) is 0 Å². The van der Waals surface area contributed by atoms with Crippen LogP contribution < -0.4 is 16.0 Å². The summed E-state index contributed by atoms with van der Waals surface area (Å²) in [5.74, 6) is -0.161. The number of hydrogen-bond donors (Lipinski definition) is 3. The quantitative estimate of drug-likeness (QED) is 0.442. The normalized spacial score (nSPS) is 10.6. The molecular formula is C23H28N4O. The van der Waals surface area contributed by atoms with Crippen molar-refractivity contribution in [2.24, 2.45) is 0 Å². The highest BCUT2D eigenvalue weighted by Gasteiger charge is 2.15. The fraction of sp³-hybridized carbons (Fsp3) is 0.304. The Morgan fingerprint density at radius 3 is 2.57 bits per heavy atom. The molecule has 0 bridgehead atoms. The molecule has 0 atom stereocenters. The Hall–Kier alpha value is -3.08. The largest absolute Gasteiger partial charge is 0.385 e. The zero-order valence-corrected chi connectivity index (χ0v) is 16.6. The van der Waals surface area contributed by atoms with Gasteiger partial charge < -0.3 is 16.0 Å². The number of amides is 1. The molecule has 0 aliphatic heterocycles. The number of hydrogen-bond acceptors (Lipinski definition) is 4. The first-order valence-corrected chi connectivity index (χ1v) is 9.93. The Kier molecular flexibility index (Phi) is 6.84. The number of benzene rings is 2. The zero-order valence-electron chi connectivity index (χ0n) is 16.6. The Morgan fingerprint density at radius 2 is 1.82 bits per heavy atom. The summed E-state index contributed by atoms with van der Waals surface area (Å²) in [6, 6.07) is 16.0. The average Bonchev–Trinajstić information content (AvgIpc) is 2.74. The van der Waals surface area contributed by atoms with E-state index in [0.717, 1.165) is 40.9 Å². The number of fused-ring (bicyclic) bond motifs is 1. The van der Waals surface area contributed by atoms with Crippen molar-refractivity contribution in [3.8, 4) is 0 Å². The van der Waals surface area contributed by atoms with Crippen LogP contribution in [0.15, 0.2) is 54.7 Å². The van der Waals surface area contributed by atoms with E-state index in [1.807, 2.05) is 42.5 Å². The number of nitrogens with zero attached hydrogens (tertiary/aromatic N) is 1. The SMILES string of the molecule is CCCCCCNc1ccc2ncc(C(=O)NC)c(Nc3ccccc3)c2c1. The van der Waals surface area contributed by atoms with E-state index in [1.54, 1.807) is 13.2 Å². The lowest BCUT2D eigenvalue weighted by atomic mass is 10.1. The molecule has 0 fully saturated rings. The van der Waals surface area contributed by atoms with Crippen LogP contribution in [0.25, 0.3) is 10.9 Å². The van der Waals surface area contributed by atoms with Crippen LogP contribution >= 0.6 is 0 Å². The van der Waals surface area contributed by atoms with Crippen LogP contribution in [0.1, 0.15) is 43.0 Å². The molecule has 0 spiro atoms. The first kappa shape index (κ1) is 19.7. The van der Waals surface area contributed by atoms with Crippen molar-refractivity contribution in [2.75, 3.05) is 24.2 Å². The number of aromatic nitrogens is 1. The van der Waals surface area contributed by atoms with Crippen LogP contribution in [0, 0.1) is 0 Å². The Labute approximate surface area is 166 Å². The van der Waals surface area contributed by atoms with Crippen molar-refractivity contribution in [1.29, 1.82) is 0 Å². The lowest BCUT2D eigenvalue weighted by Crippen LogP contribution is -2.19. The number of carbonyl (C=O) groups excluding carboxylic acids is 1. The van der Waals surface area contributed by atoms with Crippen LogP contribution in [0.5, 0.6) is 0 Å². The predicted octanol–water partition coefficient (Wildman–Crippen LogP) is 5.33. The van der Waals surface area contributed by atoms with E-state index in [9.17, 15) is 4.79 Å². The summed E-state index contributed by atoms with van der Waals surface area (Å²) in [4.78, 5) is 16.9. The summed E-state index contributed by atoms with van der Waals surface area (Å²) in [6.07, 6.45) is 6.52. The molecule has 5 nitrogen and oxygen atoms in total. The van der Waals surface area contributed by atoms with Gasteiger partial charge in [-0.3, -0.25) is 9.78 Å². The standard InChI is InChI=1S/C23H28N4O/c1-3-4-5-9-14-25-18-12-13-21-19(15-18)22(20(16-26-21)23(28)24-2)27-17-10-7-6-8-11-17/h6-8,10-13,15-16,25H,3-5,9,14H2,1-2H3,(H,24,28)(H,26,27). The molecule has 1 amide bonds. The van der Waals surface area contributed by atoms with Crippen molar-refractivity contribution >= 4 is 33.9 Å². The molecule has 0 unspecified atom stereocenters. The summed E-state index contributed by atoms with van der Waals surface area (Å²) in [5, 5.41) is 10.5. The van der Waals surface area contributed by atoms with Crippen LogP contribution in [-0.4, -0.2) is 24.5 Å². The van der Waals surface area contributed by atoms with E-state index < -0.39 is 0 Å². The van der Waals surface area contributed by atoms with Crippen LogP contribution in [-0.2, 0) is 0 Å². The van der Waals surface area contributed by atoms with Crippen molar-refractivity contribution in [3.05, 3.63) is 60.3 Å². The van der Waals surface area contributed by atoms with Crippen molar-refractivity contribution < 1.29 is 4.79 Å². The average molecular weight is 377 g/mol. The monoisotopic (exact) mass is 376 g/mol.